The second-order valence-electron chi connectivity index (χ2n) is 9.91. The summed E-state index contributed by atoms with van der Waals surface area (Å²) < 4.78 is 17.1. The van der Waals surface area contributed by atoms with E-state index in [1.165, 1.54) is 11.1 Å². The van der Waals surface area contributed by atoms with E-state index in [0.717, 1.165) is 56.6 Å². The summed E-state index contributed by atoms with van der Waals surface area (Å²) in [6.07, 6.45) is 6.10. The number of likely N-dealkylation sites (tertiary alicyclic amines) is 1. The largest absolute Gasteiger partial charge is 0.497 e. The Balaban J connectivity index is 1.46. The number of aryl methyl sites for hydroxylation is 2. The summed E-state index contributed by atoms with van der Waals surface area (Å²) in [5.74, 6) is 2.21. The van der Waals surface area contributed by atoms with E-state index in [4.69, 9.17) is 14.2 Å². The predicted molar refractivity (Wildman–Crippen MR) is 132 cm³/mol. The SMILES string of the molecule is COc1cccc(CCCCc2ccccc2OC[C@@H]2CCCN(C(=O)OC(C)(C)C)C2)c1. The van der Waals surface area contributed by atoms with Crippen LogP contribution in [0.3, 0.4) is 0 Å². The summed E-state index contributed by atoms with van der Waals surface area (Å²) in [5.41, 5.74) is 2.10. The number of rotatable bonds is 9. The fourth-order valence-corrected chi connectivity index (χ4v) is 4.22. The van der Waals surface area contributed by atoms with Gasteiger partial charge in [0.2, 0.25) is 0 Å². The zero-order valence-electron chi connectivity index (χ0n) is 20.6. The molecule has 5 nitrogen and oxygen atoms in total. The Kier molecular flexibility index (Phi) is 9.04. The zero-order chi connectivity index (χ0) is 23.7. The summed E-state index contributed by atoms with van der Waals surface area (Å²) in [5, 5.41) is 0. The number of benzene rings is 2. The first-order valence-corrected chi connectivity index (χ1v) is 12.2. The highest BCUT2D eigenvalue weighted by Crippen LogP contribution is 2.24. The number of para-hydroxylation sites is 1. The summed E-state index contributed by atoms with van der Waals surface area (Å²) in [4.78, 5) is 14.3. The van der Waals surface area contributed by atoms with Crippen LogP contribution in [0.4, 0.5) is 4.79 Å². The predicted octanol–water partition coefficient (Wildman–Crippen LogP) is 6.29. The number of piperidine rings is 1. The van der Waals surface area contributed by atoms with Crippen LogP contribution in [0.15, 0.2) is 48.5 Å². The molecular weight excluding hydrogens is 414 g/mol. The second-order valence-corrected chi connectivity index (χ2v) is 9.91. The van der Waals surface area contributed by atoms with Crippen LogP contribution in [-0.4, -0.2) is 43.4 Å². The van der Waals surface area contributed by atoms with E-state index in [-0.39, 0.29) is 6.09 Å². The number of methoxy groups -OCH3 is 1. The Morgan fingerprint density at radius 1 is 1.06 bits per heavy atom. The molecule has 1 aliphatic heterocycles. The smallest absolute Gasteiger partial charge is 0.410 e. The van der Waals surface area contributed by atoms with Crippen molar-refractivity contribution >= 4 is 6.09 Å². The molecule has 3 rings (SSSR count). The van der Waals surface area contributed by atoms with E-state index in [9.17, 15) is 4.79 Å². The van der Waals surface area contributed by atoms with Gasteiger partial charge in [-0.05, 0) is 88.6 Å². The maximum atomic E-state index is 12.4. The number of ether oxygens (including phenoxy) is 3. The first-order valence-electron chi connectivity index (χ1n) is 12.2. The number of carbonyl (C=O) groups is 1. The molecule has 0 saturated carbocycles. The molecule has 2 aromatic carbocycles. The molecule has 1 atom stereocenters. The Labute approximate surface area is 199 Å². The normalized spacial score (nSPS) is 16.4. The third-order valence-electron chi connectivity index (χ3n) is 5.91. The molecule has 0 spiro atoms. The zero-order valence-corrected chi connectivity index (χ0v) is 20.6. The van der Waals surface area contributed by atoms with Crippen molar-refractivity contribution in [3.8, 4) is 11.5 Å². The Morgan fingerprint density at radius 3 is 2.64 bits per heavy atom. The maximum Gasteiger partial charge on any atom is 0.410 e. The van der Waals surface area contributed by atoms with Gasteiger partial charge in [-0.15, -0.1) is 0 Å². The highest BCUT2D eigenvalue weighted by atomic mass is 16.6. The third-order valence-corrected chi connectivity index (χ3v) is 5.91. The summed E-state index contributed by atoms with van der Waals surface area (Å²) in [6.45, 7) is 7.79. The molecular formula is C28H39NO4. The highest BCUT2D eigenvalue weighted by molar-refractivity contribution is 5.68. The number of amides is 1. The number of unbranched alkanes of at least 4 members (excludes halogenated alkanes) is 1. The van der Waals surface area contributed by atoms with Gasteiger partial charge in [-0.25, -0.2) is 4.79 Å². The van der Waals surface area contributed by atoms with Crippen LogP contribution in [0.1, 0.15) is 57.6 Å². The molecule has 1 saturated heterocycles. The van der Waals surface area contributed by atoms with Crippen molar-refractivity contribution in [1.29, 1.82) is 0 Å². The van der Waals surface area contributed by atoms with Gasteiger partial charge in [0.25, 0.3) is 0 Å². The van der Waals surface area contributed by atoms with Crippen LogP contribution in [0, 0.1) is 5.92 Å². The summed E-state index contributed by atoms with van der Waals surface area (Å²) >= 11 is 0. The van der Waals surface area contributed by atoms with E-state index >= 15 is 0 Å². The number of hydrogen-bond acceptors (Lipinski definition) is 4. The lowest BCUT2D eigenvalue weighted by Crippen LogP contribution is -2.44. The van der Waals surface area contributed by atoms with E-state index in [1.54, 1.807) is 7.11 Å². The highest BCUT2D eigenvalue weighted by Gasteiger charge is 2.28. The van der Waals surface area contributed by atoms with Crippen molar-refractivity contribution in [2.75, 3.05) is 26.8 Å². The van der Waals surface area contributed by atoms with Crippen LogP contribution in [0.25, 0.3) is 0 Å². The summed E-state index contributed by atoms with van der Waals surface area (Å²) in [6, 6.07) is 16.6. The van der Waals surface area contributed by atoms with E-state index in [2.05, 4.69) is 30.3 Å². The van der Waals surface area contributed by atoms with Crippen molar-refractivity contribution in [1.82, 2.24) is 4.90 Å². The van der Waals surface area contributed by atoms with Crippen LogP contribution in [-0.2, 0) is 17.6 Å². The Bertz CT molecular complexity index is 889. The van der Waals surface area contributed by atoms with Crippen molar-refractivity contribution in [3.63, 3.8) is 0 Å². The Morgan fingerprint density at radius 2 is 1.85 bits per heavy atom. The summed E-state index contributed by atoms with van der Waals surface area (Å²) in [7, 11) is 1.71. The standard InChI is InChI=1S/C28H39NO4/c1-28(2,3)33-27(30)29-18-10-13-23(20-29)21-32-26-17-8-7-15-24(26)14-6-5-11-22-12-9-16-25(19-22)31-4/h7-9,12,15-17,19,23H,5-6,10-11,13-14,18,20-21H2,1-4H3/t23-/m1/s1. The molecule has 0 unspecified atom stereocenters. The molecule has 1 fully saturated rings. The van der Waals surface area contributed by atoms with Gasteiger partial charge >= 0.3 is 6.09 Å². The molecule has 0 aromatic heterocycles. The number of nitrogens with zero attached hydrogens (tertiary/aromatic N) is 1. The van der Waals surface area contributed by atoms with Gasteiger partial charge in [0.05, 0.1) is 13.7 Å². The van der Waals surface area contributed by atoms with Crippen LogP contribution >= 0.6 is 0 Å². The third kappa shape index (κ3) is 8.30. The molecule has 33 heavy (non-hydrogen) atoms. The molecule has 1 aliphatic rings. The van der Waals surface area contributed by atoms with Gasteiger partial charge in [-0.1, -0.05) is 30.3 Å². The molecule has 5 heteroatoms. The maximum absolute atomic E-state index is 12.4. The van der Waals surface area contributed by atoms with Crippen LogP contribution < -0.4 is 9.47 Å². The quantitative estimate of drug-likeness (QED) is 0.419. The topological polar surface area (TPSA) is 48.0 Å². The fourth-order valence-electron chi connectivity index (χ4n) is 4.22. The minimum atomic E-state index is -0.466. The van der Waals surface area contributed by atoms with Crippen molar-refractivity contribution in [2.24, 2.45) is 5.92 Å². The van der Waals surface area contributed by atoms with Crippen LogP contribution in [0.5, 0.6) is 11.5 Å². The van der Waals surface area contributed by atoms with E-state index in [0.29, 0.717) is 19.1 Å². The lowest BCUT2D eigenvalue weighted by Gasteiger charge is -2.34. The van der Waals surface area contributed by atoms with Gasteiger partial charge in [0, 0.05) is 19.0 Å². The van der Waals surface area contributed by atoms with Crippen molar-refractivity contribution in [3.05, 3.63) is 59.7 Å². The van der Waals surface area contributed by atoms with Gasteiger partial charge in [-0.2, -0.15) is 0 Å². The Hall–Kier alpha value is -2.69. The molecule has 0 radical (unpaired) electrons. The monoisotopic (exact) mass is 453 g/mol. The first kappa shape index (κ1) is 24.9. The van der Waals surface area contributed by atoms with Crippen molar-refractivity contribution < 1.29 is 19.0 Å². The molecule has 0 N–H and O–H groups in total. The molecule has 2 aromatic rings. The van der Waals surface area contributed by atoms with Gasteiger partial charge in [-0.3, -0.25) is 0 Å². The van der Waals surface area contributed by atoms with Crippen molar-refractivity contribution in [2.45, 2.75) is 64.9 Å². The number of hydrogen-bond donors (Lipinski definition) is 0. The average molecular weight is 454 g/mol. The minimum absolute atomic E-state index is 0.219. The molecule has 180 valence electrons. The van der Waals surface area contributed by atoms with Gasteiger partial charge in [0.1, 0.15) is 17.1 Å². The first-order chi connectivity index (χ1) is 15.8. The fraction of sp³-hybridized carbons (Fsp3) is 0.536. The number of carbonyl (C=O) groups excluding carboxylic acids is 1. The molecule has 1 amide bonds. The van der Waals surface area contributed by atoms with Gasteiger partial charge < -0.3 is 19.1 Å². The lowest BCUT2D eigenvalue weighted by molar-refractivity contribution is 0.0139. The average Bonchev–Trinajstić information content (AvgIpc) is 2.80. The molecule has 0 bridgehead atoms. The van der Waals surface area contributed by atoms with E-state index in [1.807, 2.05) is 43.9 Å². The van der Waals surface area contributed by atoms with E-state index < -0.39 is 5.60 Å². The van der Waals surface area contributed by atoms with Crippen LogP contribution in [0.2, 0.25) is 0 Å². The minimum Gasteiger partial charge on any atom is -0.497 e. The van der Waals surface area contributed by atoms with Gasteiger partial charge in [0.15, 0.2) is 0 Å². The lowest BCUT2D eigenvalue weighted by atomic mass is 9.99. The molecule has 0 aliphatic carbocycles. The second kappa shape index (κ2) is 12.0. The molecule has 1 heterocycles.